The summed E-state index contributed by atoms with van der Waals surface area (Å²) in [6.45, 7) is 6.23. The highest BCUT2D eigenvalue weighted by atomic mass is 16.6. The number of hydrogen-bond acceptors (Lipinski definition) is 5. The van der Waals surface area contributed by atoms with Gasteiger partial charge in [-0.2, -0.15) is 0 Å². The number of carbonyl (C=O) groups is 2. The Hall–Kier alpha value is -3.21. The van der Waals surface area contributed by atoms with Gasteiger partial charge in [0.2, 0.25) is 0 Å². The Bertz CT molecular complexity index is 1130. The largest absolute Gasteiger partial charge is 0.458 e. The summed E-state index contributed by atoms with van der Waals surface area (Å²) in [4.78, 5) is 31.5. The van der Waals surface area contributed by atoms with E-state index < -0.39 is 16.9 Å². The normalized spacial score (nSPS) is 21.2. The number of rotatable bonds is 10. The van der Waals surface area contributed by atoms with Crippen molar-refractivity contribution in [1.29, 1.82) is 0 Å². The Balaban J connectivity index is 1.62. The summed E-state index contributed by atoms with van der Waals surface area (Å²) in [6, 6.07) is 19.6. The lowest BCUT2D eigenvalue weighted by atomic mass is 9.74. The molecule has 1 heterocycles. The molecular formula is C33H41NO4. The Morgan fingerprint density at radius 1 is 1.03 bits per heavy atom. The first-order valence-electron chi connectivity index (χ1n) is 14.0. The van der Waals surface area contributed by atoms with E-state index in [1.165, 1.54) is 38.2 Å². The molecular weight excluding hydrogens is 474 g/mol. The van der Waals surface area contributed by atoms with Crippen LogP contribution in [0.3, 0.4) is 0 Å². The molecule has 2 atom stereocenters. The monoisotopic (exact) mass is 515 g/mol. The zero-order chi connectivity index (χ0) is 27.0. The summed E-state index contributed by atoms with van der Waals surface area (Å²) in [5, 5.41) is 0. The summed E-state index contributed by atoms with van der Waals surface area (Å²) in [5.41, 5.74) is 0.434. The second-order valence-corrected chi connectivity index (χ2v) is 11.8. The Labute approximate surface area is 227 Å². The molecule has 1 aliphatic carbocycles. The van der Waals surface area contributed by atoms with Crippen LogP contribution in [-0.2, 0) is 32.1 Å². The van der Waals surface area contributed by atoms with Gasteiger partial charge >= 0.3 is 11.9 Å². The average molecular weight is 516 g/mol. The number of carbonyl (C=O) groups excluding carboxylic acids is 2. The lowest BCUT2D eigenvalue weighted by Gasteiger charge is -2.32. The highest BCUT2D eigenvalue weighted by Gasteiger charge is 2.52. The van der Waals surface area contributed by atoms with Crippen molar-refractivity contribution in [3.8, 4) is 0 Å². The van der Waals surface area contributed by atoms with E-state index in [9.17, 15) is 9.59 Å². The molecule has 1 aliphatic heterocycles. The molecule has 0 spiro atoms. The molecule has 1 saturated carbocycles. The highest BCUT2D eigenvalue weighted by Crippen LogP contribution is 2.41. The van der Waals surface area contributed by atoms with Crippen LogP contribution in [0.4, 0.5) is 0 Å². The molecule has 0 aromatic heterocycles. The molecule has 0 N–H and O–H groups in total. The van der Waals surface area contributed by atoms with E-state index in [0.29, 0.717) is 18.2 Å². The van der Waals surface area contributed by atoms with Crippen LogP contribution in [0.25, 0.3) is 0 Å². The highest BCUT2D eigenvalue weighted by molar-refractivity contribution is 6.02. The van der Waals surface area contributed by atoms with E-state index in [2.05, 4.69) is 0 Å². The van der Waals surface area contributed by atoms with Crippen molar-refractivity contribution < 1.29 is 19.1 Å². The number of cyclic esters (lactones) is 1. The second kappa shape index (κ2) is 12.6. The number of aliphatic imine (C=N–C) groups is 1. The first-order valence-corrected chi connectivity index (χ1v) is 14.0. The smallest absolute Gasteiger partial charge is 0.341 e. The Morgan fingerprint density at radius 2 is 1.66 bits per heavy atom. The molecule has 0 saturated heterocycles. The first-order chi connectivity index (χ1) is 18.3. The summed E-state index contributed by atoms with van der Waals surface area (Å²) in [6.07, 6.45) is 11.8. The average Bonchev–Trinajstić information content (AvgIpc) is 3.26. The molecule has 0 radical (unpaired) electrons. The number of esters is 2. The molecule has 2 aliphatic rings. The quantitative estimate of drug-likeness (QED) is 0.247. The standard InChI is InChI=1S/C33H41NO4/c1-32(2,3)30-34-33(31(36)38-30,23-26-15-9-5-10-16-26)28(20-19-25-13-7-4-8-14-25)21-22-29(35)37-24-27-17-11-6-12-18-27/h5-6,9-12,15-18,21-22,25,28H,4,7-8,13-14,19-20,23-24H2,1-3H3/b22-21+. The van der Waals surface area contributed by atoms with E-state index >= 15 is 0 Å². The van der Waals surface area contributed by atoms with Crippen LogP contribution in [0.2, 0.25) is 0 Å². The molecule has 5 nitrogen and oxygen atoms in total. The van der Waals surface area contributed by atoms with Crippen LogP contribution in [0.5, 0.6) is 0 Å². The lowest BCUT2D eigenvalue weighted by Crippen LogP contribution is -2.43. The maximum Gasteiger partial charge on any atom is 0.341 e. The van der Waals surface area contributed by atoms with Gasteiger partial charge in [0.1, 0.15) is 6.61 Å². The van der Waals surface area contributed by atoms with Crippen LogP contribution >= 0.6 is 0 Å². The van der Waals surface area contributed by atoms with Gasteiger partial charge in [0, 0.05) is 23.8 Å². The summed E-state index contributed by atoms with van der Waals surface area (Å²) < 4.78 is 11.4. The van der Waals surface area contributed by atoms with Gasteiger partial charge in [0.05, 0.1) is 0 Å². The van der Waals surface area contributed by atoms with Crippen molar-refractivity contribution in [3.05, 3.63) is 83.9 Å². The minimum Gasteiger partial charge on any atom is -0.458 e. The fourth-order valence-corrected chi connectivity index (χ4v) is 5.49. The van der Waals surface area contributed by atoms with E-state index in [4.69, 9.17) is 14.5 Å². The van der Waals surface area contributed by atoms with Crippen molar-refractivity contribution in [3.63, 3.8) is 0 Å². The van der Waals surface area contributed by atoms with Crippen molar-refractivity contribution in [2.75, 3.05) is 0 Å². The topological polar surface area (TPSA) is 65.0 Å². The molecule has 2 aromatic rings. The molecule has 4 rings (SSSR count). The van der Waals surface area contributed by atoms with Gasteiger partial charge in [0.25, 0.3) is 0 Å². The molecule has 2 aromatic carbocycles. The number of nitrogens with zero attached hydrogens (tertiary/aromatic N) is 1. The number of hydrogen-bond donors (Lipinski definition) is 0. The van der Waals surface area contributed by atoms with Crippen molar-refractivity contribution in [1.82, 2.24) is 0 Å². The van der Waals surface area contributed by atoms with E-state index in [1.807, 2.05) is 87.5 Å². The van der Waals surface area contributed by atoms with Crippen LogP contribution in [0.15, 0.2) is 77.8 Å². The van der Waals surface area contributed by atoms with Crippen LogP contribution in [-0.4, -0.2) is 23.4 Å². The third kappa shape index (κ3) is 7.21. The van der Waals surface area contributed by atoms with Gasteiger partial charge < -0.3 is 9.47 Å². The fourth-order valence-electron chi connectivity index (χ4n) is 5.49. The van der Waals surface area contributed by atoms with Crippen molar-refractivity contribution in [2.24, 2.45) is 22.2 Å². The minimum atomic E-state index is -1.12. The predicted octanol–water partition coefficient (Wildman–Crippen LogP) is 7.25. The van der Waals surface area contributed by atoms with Gasteiger partial charge in [0.15, 0.2) is 11.4 Å². The fraction of sp³-hybridized carbons (Fsp3) is 0.485. The van der Waals surface area contributed by atoms with Crippen LogP contribution < -0.4 is 0 Å². The van der Waals surface area contributed by atoms with Crippen molar-refractivity contribution >= 4 is 17.8 Å². The molecule has 0 bridgehead atoms. The van der Waals surface area contributed by atoms with Gasteiger partial charge in [-0.05, 0) is 29.9 Å². The van der Waals surface area contributed by atoms with Crippen LogP contribution in [0.1, 0.15) is 76.8 Å². The van der Waals surface area contributed by atoms with Crippen LogP contribution in [0, 0.1) is 17.3 Å². The maximum absolute atomic E-state index is 13.7. The zero-order valence-electron chi connectivity index (χ0n) is 23.0. The molecule has 202 valence electrons. The molecule has 5 heteroatoms. The SMILES string of the molecule is CC(C)(C)C1=NC(Cc2ccccc2)(C(/C=C/C(=O)OCc2ccccc2)CCC2CCCCC2)C(=O)O1. The molecule has 38 heavy (non-hydrogen) atoms. The summed E-state index contributed by atoms with van der Waals surface area (Å²) in [5.74, 6) is 0.0596. The first kappa shape index (κ1) is 27.8. The minimum absolute atomic E-state index is 0.209. The van der Waals surface area contributed by atoms with E-state index in [1.54, 1.807) is 0 Å². The molecule has 1 fully saturated rings. The lowest BCUT2D eigenvalue weighted by molar-refractivity contribution is -0.141. The number of ether oxygens (including phenoxy) is 2. The predicted molar refractivity (Wildman–Crippen MR) is 151 cm³/mol. The van der Waals surface area contributed by atoms with Gasteiger partial charge in [-0.1, -0.05) is 120 Å². The van der Waals surface area contributed by atoms with E-state index in [-0.39, 0.29) is 18.5 Å². The maximum atomic E-state index is 13.7. The summed E-state index contributed by atoms with van der Waals surface area (Å²) >= 11 is 0. The third-order valence-electron chi connectivity index (χ3n) is 7.71. The van der Waals surface area contributed by atoms with Crippen molar-refractivity contribution in [2.45, 2.75) is 84.3 Å². The van der Waals surface area contributed by atoms with Gasteiger partial charge in [-0.3, -0.25) is 0 Å². The third-order valence-corrected chi connectivity index (χ3v) is 7.71. The second-order valence-electron chi connectivity index (χ2n) is 11.8. The number of benzene rings is 2. The Morgan fingerprint density at radius 3 is 2.26 bits per heavy atom. The van der Waals surface area contributed by atoms with E-state index in [0.717, 1.165) is 24.0 Å². The molecule has 0 amide bonds. The van der Waals surface area contributed by atoms with Gasteiger partial charge in [-0.25, -0.2) is 14.6 Å². The van der Waals surface area contributed by atoms with Gasteiger partial charge in [-0.15, -0.1) is 0 Å². The zero-order valence-corrected chi connectivity index (χ0v) is 23.0. The summed E-state index contributed by atoms with van der Waals surface area (Å²) in [7, 11) is 0. The molecule has 2 unspecified atom stereocenters. The Kier molecular flexibility index (Phi) is 9.19.